The molecule has 0 radical (unpaired) electrons. The SMILES string of the molecule is CCCC(C)C(CNC(C)(C)C)c1cccc(Br)c1. The average Bonchev–Trinajstić information content (AvgIpc) is 2.28. The first kappa shape index (κ1) is 16.7. The van der Waals surface area contributed by atoms with Crippen molar-refractivity contribution in [3.05, 3.63) is 34.3 Å². The monoisotopic (exact) mass is 325 g/mol. The van der Waals surface area contributed by atoms with Gasteiger partial charge in [0.1, 0.15) is 0 Å². The van der Waals surface area contributed by atoms with Gasteiger partial charge in [-0.05, 0) is 50.3 Å². The van der Waals surface area contributed by atoms with E-state index in [4.69, 9.17) is 0 Å². The lowest BCUT2D eigenvalue weighted by Crippen LogP contribution is -2.39. The van der Waals surface area contributed by atoms with Crippen LogP contribution >= 0.6 is 15.9 Å². The van der Waals surface area contributed by atoms with Gasteiger partial charge in [-0.25, -0.2) is 0 Å². The summed E-state index contributed by atoms with van der Waals surface area (Å²) in [5.41, 5.74) is 1.61. The van der Waals surface area contributed by atoms with Gasteiger partial charge in [0.2, 0.25) is 0 Å². The molecule has 1 nitrogen and oxygen atoms in total. The topological polar surface area (TPSA) is 12.0 Å². The molecular weight excluding hydrogens is 298 g/mol. The number of rotatable bonds is 6. The molecule has 108 valence electrons. The molecule has 0 saturated heterocycles. The van der Waals surface area contributed by atoms with Gasteiger partial charge in [0.25, 0.3) is 0 Å². The minimum atomic E-state index is 0.177. The Morgan fingerprint density at radius 1 is 1.26 bits per heavy atom. The molecule has 1 N–H and O–H groups in total. The molecule has 2 unspecified atom stereocenters. The first-order valence-corrected chi connectivity index (χ1v) is 8.13. The van der Waals surface area contributed by atoms with Gasteiger partial charge in [-0.3, -0.25) is 0 Å². The van der Waals surface area contributed by atoms with E-state index in [0.717, 1.165) is 6.54 Å². The van der Waals surface area contributed by atoms with E-state index in [1.165, 1.54) is 22.9 Å². The van der Waals surface area contributed by atoms with Crippen molar-refractivity contribution in [1.82, 2.24) is 5.32 Å². The van der Waals surface area contributed by atoms with Crippen LogP contribution in [0.1, 0.15) is 58.9 Å². The molecule has 0 heterocycles. The summed E-state index contributed by atoms with van der Waals surface area (Å²) >= 11 is 3.59. The summed E-state index contributed by atoms with van der Waals surface area (Å²) in [6, 6.07) is 8.76. The summed E-state index contributed by atoms with van der Waals surface area (Å²) in [5.74, 6) is 1.28. The van der Waals surface area contributed by atoms with Gasteiger partial charge in [0.15, 0.2) is 0 Å². The molecule has 2 heteroatoms. The molecule has 0 spiro atoms. The van der Waals surface area contributed by atoms with Crippen molar-refractivity contribution in [3.8, 4) is 0 Å². The molecule has 1 aromatic carbocycles. The van der Waals surface area contributed by atoms with Crippen LogP contribution in [0, 0.1) is 5.92 Å². The predicted molar refractivity (Wildman–Crippen MR) is 88.7 cm³/mol. The van der Waals surface area contributed by atoms with Crippen LogP contribution in [0.2, 0.25) is 0 Å². The van der Waals surface area contributed by atoms with Crippen LogP contribution in [0.4, 0.5) is 0 Å². The Morgan fingerprint density at radius 2 is 1.95 bits per heavy atom. The molecule has 0 aliphatic carbocycles. The normalized spacial score (nSPS) is 15.3. The third-order valence-corrected chi connectivity index (χ3v) is 4.05. The Balaban J connectivity index is 2.85. The standard InChI is InChI=1S/C17H28BrN/c1-6-8-13(2)16(12-19-17(3,4)5)14-9-7-10-15(18)11-14/h7,9-11,13,16,19H,6,8,12H2,1-5H3. The van der Waals surface area contributed by atoms with Gasteiger partial charge in [-0.15, -0.1) is 0 Å². The lowest BCUT2D eigenvalue weighted by Gasteiger charge is -2.29. The maximum atomic E-state index is 3.66. The Morgan fingerprint density at radius 3 is 2.47 bits per heavy atom. The van der Waals surface area contributed by atoms with Gasteiger partial charge < -0.3 is 5.32 Å². The summed E-state index contributed by atoms with van der Waals surface area (Å²) in [6.45, 7) is 12.4. The van der Waals surface area contributed by atoms with Gasteiger partial charge in [-0.2, -0.15) is 0 Å². The van der Waals surface area contributed by atoms with E-state index in [0.29, 0.717) is 11.8 Å². The maximum absolute atomic E-state index is 3.66. The summed E-state index contributed by atoms with van der Waals surface area (Å²) in [6.07, 6.45) is 2.53. The van der Waals surface area contributed by atoms with Gasteiger partial charge >= 0.3 is 0 Å². The molecule has 0 aromatic heterocycles. The van der Waals surface area contributed by atoms with Crippen LogP contribution in [-0.2, 0) is 0 Å². The Kier molecular flexibility index (Phi) is 6.55. The quantitative estimate of drug-likeness (QED) is 0.742. The zero-order valence-electron chi connectivity index (χ0n) is 13.0. The zero-order chi connectivity index (χ0) is 14.5. The fourth-order valence-electron chi connectivity index (χ4n) is 2.46. The van der Waals surface area contributed by atoms with E-state index in [9.17, 15) is 0 Å². The zero-order valence-corrected chi connectivity index (χ0v) is 14.5. The maximum Gasteiger partial charge on any atom is 0.0178 e. The first-order valence-electron chi connectivity index (χ1n) is 7.34. The van der Waals surface area contributed by atoms with Gasteiger partial charge in [0, 0.05) is 16.6 Å². The number of hydrogen-bond donors (Lipinski definition) is 1. The molecular formula is C17H28BrN. The molecule has 2 atom stereocenters. The van der Waals surface area contributed by atoms with Crippen LogP contribution in [0.15, 0.2) is 28.7 Å². The van der Waals surface area contributed by atoms with Crippen molar-refractivity contribution in [3.63, 3.8) is 0 Å². The van der Waals surface area contributed by atoms with E-state index in [1.54, 1.807) is 0 Å². The van der Waals surface area contributed by atoms with Crippen molar-refractivity contribution in [1.29, 1.82) is 0 Å². The van der Waals surface area contributed by atoms with Crippen molar-refractivity contribution in [2.45, 2.75) is 58.9 Å². The molecule has 1 rings (SSSR count). The Hall–Kier alpha value is -0.340. The number of nitrogens with one attached hydrogen (secondary N) is 1. The van der Waals surface area contributed by atoms with Crippen LogP contribution in [0.25, 0.3) is 0 Å². The van der Waals surface area contributed by atoms with E-state index < -0.39 is 0 Å². The van der Waals surface area contributed by atoms with Crippen LogP contribution in [0.5, 0.6) is 0 Å². The number of hydrogen-bond acceptors (Lipinski definition) is 1. The highest BCUT2D eigenvalue weighted by atomic mass is 79.9. The number of benzene rings is 1. The first-order chi connectivity index (χ1) is 8.83. The molecule has 0 saturated carbocycles. The molecule has 19 heavy (non-hydrogen) atoms. The van der Waals surface area contributed by atoms with Crippen molar-refractivity contribution >= 4 is 15.9 Å². The van der Waals surface area contributed by atoms with Crippen LogP contribution in [-0.4, -0.2) is 12.1 Å². The fraction of sp³-hybridized carbons (Fsp3) is 0.647. The second-order valence-corrected chi connectivity index (χ2v) is 7.47. The van der Waals surface area contributed by atoms with Crippen LogP contribution in [0.3, 0.4) is 0 Å². The van der Waals surface area contributed by atoms with E-state index in [2.05, 4.69) is 80.1 Å². The van der Waals surface area contributed by atoms with Crippen molar-refractivity contribution < 1.29 is 0 Å². The molecule has 0 aliphatic heterocycles. The highest BCUT2D eigenvalue weighted by molar-refractivity contribution is 9.10. The third kappa shape index (κ3) is 6.09. The highest BCUT2D eigenvalue weighted by Gasteiger charge is 2.21. The predicted octanol–water partition coefficient (Wildman–Crippen LogP) is 5.36. The fourth-order valence-corrected chi connectivity index (χ4v) is 2.87. The minimum Gasteiger partial charge on any atom is -0.311 e. The summed E-state index contributed by atoms with van der Waals surface area (Å²) in [4.78, 5) is 0. The van der Waals surface area contributed by atoms with Gasteiger partial charge in [0.05, 0.1) is 0 Å². The van der Waals surface area contributed by atoms with Gasteiger partial charge in [-0.1, -0.05) is 54.8 Å². The molecule has 0 aliphatic rings. The molecule has 0 amide bonds. The minimum absolute atomic E-state index is 0.177. The second kappa shape index (κ2) is 7.44. The van der Waals surface area contributed by atoms with E-state index in [-0.39, 0.29) is 5.54 Å². The molecule has 0 fully saturated rings. The molecule has 1 aromatic rings. The molecule has 0 bridgehead atoms. The largest absolute Gasteiger partial charge is 0.311 e. The summed E-state index contributed by atoms with van der Waals surface area (Å²) in [5, 5.41) is 3.66. The Labute approximate surface area is 127 Å². The van der Waals surface area contributed by atoms with E-state index >= 15 is 0 Å². The summed E-state index contributed by atoms with van der Waals surface area (Å²) in [7, 11) is 0. The van der Waals surface area contributed by atoms with Crippen LogP contribution < -0.4 is 5.32 Å². The lowest BCUT2D eigenvalue weighted by molar-refractivity contribution is 0.348. The summed E-state index contributed by atoms with van der Waals surface area (Å²) < 4.78 is 1.18. The highest BCUT2D eigenvalue weighted by Crippen LogP contribution is 2.29. The second-order valence-electron chi connectivity index (χ2n) is 6.56. The smallest absolute Gasteiger partial charge is 0.0178 e. The average molecular weight is 326 g/mol. The Bertz CT molecular complexity index is 381. The van der Waals surface area contributed by atoms with Crippen molar-refractivity contribution in [2.24, 2.45) is 5.92 Å². The van der Waals surface area contributed by atoms with E-state index in [1.807, 2.05) is 0 Å². The number of halogens is 1. The third-order valence-electron chi connectivity index (χ3n) is 3.56. The van der Waals surface area contributed by atoms with Crippen molar-refractivity contribution in [2.75, 3.05) is 6.54 Å². The lowest BCUT2D eigenvalue weighted by atomic mass is 9.84.